The maximum atomic E-state index is 10.3. The van der Waals surface area contributed by atoms with Gasteiger partial charge in [0.2, 0.25) is 11.5 Å². The lowest BCUT2D eigenvalue weighted by molar-refractivity contribution is 0.340. The van der Waals surface area contributed by atoms with Crippen molar-refractivity contribution in [1.82, 2.24) is 0 Å². The van der Waals surface area contributed by atoms with E-state index in [1.165, 1.54) is 12.1 Å². The van der Waals surface area contributed by atoms with E-state index in [9.17, 15) is 20.4 Å². The molecule has 3 aromatic rings. The summed E-state index contributed by atoms with van der Waals surface area (Å²) < 4.78 is 5.62. The van der Waals surface area contributed by atoms with Crippen LogP contribution in [0.25, 0.3) is 0 Å². The Hall–Kier alpha value is -2.47. The monoisotopic (exact) mass is 424 g/mol. The topological polar surface area (TPSA) is 90.2 Å². The largest absolute Gasteiger partial charge is 0.504 e. The molecule has 1 heterocycles. The van der Waals surface area contributed by atoms with Crippen molar-refractivity contribution in [2.75, 3.05) is 0 Å². The van der Waals surface area contributed by atoms with Crippen LogP contribution >= 0.6 is 34.8 Å². The van der Waals surface area contributed by atoms with E-state index in [0.717, 1.165) is 0 Å². The molecular weight excluding hydrogens is 415 g/mol. The maximum absolute atomic E-state index is 10.3. The lowest BCUT2D eigenvalue weighted by Crippen LogP contribution is -2.12. The van der Waals surface area contributed by atoms with Crippen molar-refractivity contribution in [3.63, 3.8) is 0 Å². The maximum Gasteiger partial charge on any atom is 0.201 e. The van der Waals surface area contributed by atoms with Gasteiger partial charge in [-0.3, -0.25) is 0 Å². The molecule has 4 N–H and O–H groups in total. The van der Waals surface area contributed by atoms with Crippen LogP contribution in [0.3, 0.4) is 0 Å². The van der Waals surface area contributed by atoms with Crippen molar-refractivity contribution in [3.05, 3.63) is 68.2 Å². The number of hydrogen-bond acceptors (Lipinski definition) is 5. The molecule has 0 unspecified atom stereocenters. The standard InChI is InChI=1S/C19H11Cl3O5/c20-10-5-7(6-11(21)15(10)22)14-8-1-3-12(23)16(25)18(8)27-19-9(14)2-4-13(24)17(19)26/h1-6,14,23-26H. The minimum absolute atomic E-state index is 0.0457. The Bertz CT molecular complexity index is 1020. The fourth-order valence-corrected chi connectivity index (χ4v) is 3.81. The van der Waals surface area contributed by atoms with Gasteiger partial charge in [-0.05, 0) is 29.8 Å². The van der Waals surface area contributed by atoms with Gasteiger partial charge >= 0.3 is 0 Å². The van der Waals surface area contributed by atoms with Crippen LogP contribution in [0.15, 0.2) is 36.4 Å². The van der Waals surface area contributed by atoms with Gasteiger partial charge < -0.3 is 25.2 Å². The Kier molecular flexibility index (Phi) is 4.18. The lowest BCUT2D eigenvalue weighted by Gasteiger charge is -2.30. The Morgan fingerprint density at radius 3 is 1.59 bits per heavy atom. The van der Waals surface area contributed by atoms with Gasteiger partial charge in [0.05, 0.1) is 15.1 Å². The van der Waals surface area contributed by atoms with Crippen LogP contribution in [-0.2, 0) is 0 Å². The zero-order chi connectivity index (χ0) is 19.5. The van der Waals surface area contributed by atoms with E-state index < -0.39 is 17.4 Å². The van der Waals surface area contributed by atoms with E-state index in [4.69, 9.17) is 39.5 Å². The number of halogens is 3. The summed E-state index contributed by atoms with van der Waals surface area (Å²) in [5.41, 5.74) is 1.64. The minimum Gasteiger partial charge on any atom is -0.504 e. The molecule has 0 amide bonds. The third-order valence-corrected chi connectivity index (χ3v) is 5.64. The number of aromatic hydroxyl groups is 4. The normalized spacial score (nSPS) is 13.0. The van der Waals surface area contributed by atoms with Crippen molar-refractivity contribution in [1.29, 1.82) is 0 Å². The summed E-state index contributed by atoms with van der Waals surface area (Å²) in [4.78, 5) is 0. The summed E-state index contributed by atoms with van der Waals surface area (Å²) in [5.74, 6) is -2.40. The molecule has 0 saturated carbocycles. The average molecular weight is 426 g/mol. The molecule has 0 fully saturated rings. The van der Waals surface area contributed by atoms with Gasteiger partial charge in [0.25, 0.3) is 0 Å². The third-order valence-electron chi connectivity index (χ3n) is 4.45. The van der Waals surface area contributed by atoms with Crippen molar-refractivity contribution in [2.45, 2.75) is 5.92 Å². The Labute approximate surface area is 168 Å². The molecule has 27 heavy (non-hydrogen) atoms. The molecule has 8 heteroatoms. The number of phenols is 4. The van der Waals surface area contributed by atoms with Gasteiger partial charge in [0.15, 0.2) is 23.0 Å². The number of phenolic OH excluding ortho intramolecular Hbond substituents is 4. The highest BCUT2D eigenvalue weighted by atomic mass is 35.5. The molecule has 0 atom stereocenters. The molecule has 0 bridgehead atoms. The second-order valence-electron chi connectivity index (χ2n) is 6.04. The minimum atomic E-state index is -0.561. The predicted molar refractivity (Wildman–Crippen MR) is 102 cm³/mol. The van der Waals surface area contributed by atoms with Crippen molar-refractivity contribution in [2.24, 2.45) is 0 Å². The highest BCUT2D eigenvalue weighted by molar-refractivity contribution is 6.48. The first-order valence-electron chi connectivity index (χ1n) is 7.71. The summed E-state index contributed by atoms with van der Waals surface area (Å²) in [7, 11) is 0. The third kappa shape index (κ3) is 2.70. The van der Waals surface area contributed by atoms with Crippen LogP contribution in [0.5, 0.6) is 34.5 Å². The van der Waals surface area contributed by atoms with Crippen LogP contribution in [0.4, 0.5) is 0 Å². The molecule has 3 aromatic carbocycles. The lowest BCUT2D eigenvalue weighted by atomic mass is 9.82. The van der Waals surface area contributed by atoms with Crippen LogP contribution < -0.4 is 4.74 Å². The molecule has 1 aliphatic rings. The first-order chi connectivity index (χ1) is 12.8. The second-order valence-corrected chi connectivity index (χ2v) is 7.23. The quantitative estimate of drug-likeness (QED) is 0.230. The number of rotatable bonds is 1. The highest BCUT2D eigenvalue weighted by Crippen LogP contribution is 2.57. The van der Waals surface area contributed by atoms with Gasteiger partial charge in [-0.1, -0.05) is 46.9 Å². The number of benzene rings is 3. The molecule has 4 rings (SSSR count). The van der Waals surface area contributed by atoms with E-state index in [2.05, 4.69) is 0 Å². The van der Waals surface area contributed by atoms with E-state index in [0.29, 0.717) is 16.7 Å². The van der Waals surface area contributed by atoms with Crippen LogP contribution in [0, 0.1) is 0 Å². The molecule has 0 aromatic heterocycles. The van der Waals surface area contributed by atoms with E-state index >= 15 is 0 Å². The summed E-state index contributed by atoms with van der Waals surface area (Å²) in [5, 5.41) is 40.8. The molecule has 1 aliphatic heterocycles. The molecular formula is C19H11Cl3O5. The second kappa shape index (κ2) is 6.30. The van der Waals surface area contributed by atoms with Gasteiger partial charge in [0.1, 0.15) is 0 Å². The molecule has 5 nitrogen and oxygen atoms in total. The van der Waals surface area contributed by atoms with Crippen molar-refractivity contribution >= 4 is 34.8 Å². The summed E-state index contributed by atoms with van der Waals surface area (Å²) in [6.07, 6.45) is 0. The molecule has 0 radical (unpaired) electrons. The predicted octanol–water partition coefficient (Wildman–Crippen LogP) is 5.76. The Morgan fingerprint density at radius 1 is 0.704 bits per heavy atom. The van der Waals surface area contributed by atoms with Crippen molar-refractivity contribution in [3.8, 4) is 34.5 Å². The Balaban J connectivity index is 2.05. The van der Waals surface area contributed by atoms with E-state index in [-0.39, 0.29) is 38.1 Å². The molecule has 0 aliphatic carbocycles. The summed E-state index contributed by atoms with van der Waals surface area (Å²) >= 11 is 18.4. The van der Waals surface area contributed by atoms with E-state index in [1.807, 2.05) is 0 Å². The van der Waals surface area contributed by atoms with Gasteiger partial charge in [-0.2, -0.15) is 0 Å². The highest BCUT2D eigenvalue weighted by Gasteiger charge is 2.34. The number of fused-ring (bicyclic) bond motifs is 2. The van der Waals surface area contributed by atoms with Crippen LogP contribution in [0.1, 0.15) is 22.6 Å². The fourth-order valence-electron chi connectivity index (χ4n) is 3.19. The van der Waals surface area contributed by atoms with Gasteiger partial charge in [0, 0.05) is 17.0 Å². The van der Waals surface area contributed by atoms with E-state index in [1.54, 1.807) is 24.3 Å². The fraction of sp³-hybridized carbons (Fsp3) is 0.0526. The smallest absolute Gasteiger partial charge is 0.201 e. The molecule has 138 valence electrons. The SMILES string of the molecule is Oc1ccc2c(c1O)Oc1c(ccc(O)c1O)C2c1cc(Cl)c(Cl)c(Cl)c1. The average Bonchev–Trinajstić information content (AvgIpc) is 2.64. The summed E-state index contributed by atoms with van der Waals surface area (Å²) in [6.45, 7) is 0. The zero-order valence-corrected chi connectivity index (χ0v) is 15.6. The van der Waals surface area contributed by atoms with Crippen LogP contribution in [-0.4, -0.2) is 20.4 Å². The van der Waals surface area contributed by atoms with Gasteiger partial charge in [-0.25, -0.2) is 0 Å². The molecule has 0 spiro atoms. The first kappa shape index (κ1) is 17.9. The first-order valence-corrected chi connectivity index (χ1v) is 8.85. The molecule has 0 saturated heterocycles. The van der Waals surface area contributed by atoms with Crippen molar-refractivity contribution < 1.29 is 25.2 Å². The zero-order valence-electron chi connectivity index (χ0n) is 13.4. The summed E-state index contributed by atoms with van der Waals surface area (Å²) in [6, 6.07) is 9.06. The van der Waals surface area contributed by atoms with Gasteiger partial charge in [-0.15, -0.1) is 0 Å². The number of hydrogen-bond donors (Lipinski definition) is 4. The number of ether oxygens (including phenoxy) is 1. The van der Waals surface area contributed by atoms with Crippen LogP contribution in [0.2, 0.25) is 15.1 Å². The Morgan fingerprint density at radius 2 is 1.15 bits per heavy atom.